The van der Waals surface area contributed by atoms with Crippen molar-refractivity contribution in [1.29, 1.82) is 0 Å². The zero-order valence-electron chi connectivity index (χ0n) is 15.9. The molecule has 2 amide bonds. The summed E-state index contributed by atoms with van der Waals surface area (Å²) in [7, 11) is 0. The first-order valence-electron chi connectivity index (χ1n) is 9.90. The molecule has 2 heterocycles. The Balaban J connectivity index is 1.37. The Morgan fingerprint density at radius 1 is 1.32 bits per heavy atom. The van der Waals surface area contributed by atoms with E-state index >= 15 is 0 Å². The number of carbonyl (C=O) groups excluding carboxylic acids is 2. The highest BCUT2D eigenvalue weighted by Crippen LogP contribution is 2.58. The van der Waals surface area contributed by atoms with Crippen molar-refractivity contribution in [3.63, 3.8) is 0 Å². The van der Waals surface area contributed by atoms with Crippen molar-refractivity contribution >= 4 is 23.2 Å². The molecule has 3 fully saturated rings. The molecule has 1 spiro atoms. The van der Waals surface area contributed by atoms with Gasteiger partial charge >= 0.3 is 0 Å². The number of thiophene rings is 1. The largest absolute Gasteiger partial charge is 0.467 e. The van der Waals surface area contributed by atoms with Crippen LogP contribution in [0.1, 0.15) is 47.8 Å². The van der Waals surface area contributed by atoms with Crippen LogP contribution in [-0.2, 0) is 11.3 Å². The molecule has 1 aliphatic heterocycles. The second kappa shape index (κ2) is 6.34. The Hall–Kier alpha value is -2.34. The molecule has 2 N–H and O–H groups in total. The van der Waals surface area contributed by atoms with Crippen molar-refractivity contribution in [1.82, 2.24) is 10.6 Å². The number of carbonyl (C=O) groups is 2. The number of ether oxygens (including phenoxy) is 1. The molecule has 3 saturated carbocycles. The van der Waals surface area contributed by atoms with Crippen molar-refractivity contribution in [2.24, 2.45) is 17.3 Å². The van der Waals surface area contributed by atoms with E-state index in [2.05, 4.69) is 17.6 Å². The predicted molar refractivity (Wildman–Crippen MR) is 107 cm³/mol. The topological polar surface area (TPSA) is 67.4 Å². The van der Waals surface area contributed by atoms with Crippen LogP contribution in [0.5, 0.6) is 5.75 Å². The SMILES string of the molecule is C[C@@]12CC[C@H](C[C@@H]1C(=O)NCc1cccs1)[C@@]1(C2)NC(=O)c2ccccc2O1. The van der Waals surface area contributed by atoms with E-state index in [1.54, 1.807) is 17.4 Å². The van der Waals surface area contributed by atoms with Gasteiger partial charge in [0.1, 0.15) is 5.75 Å². The maximum absolute atomic E-state index is 13.0. The van der Waals surface area contributed by atoms with Crippen molar-refractivity contribution in [2.45, 2.75) is 44.9 Å². The summed E-state index contributed by atoms with van der Waals surface area (Å²) in [6.45, 7) is 2.76. The van der Waals surface area contributed by atoms with Gasteiger partial charge in [0, 0.05) is 23.1 Å². The standard InChI is InChI=1S/C22H24N2O3S/c1-21-9-8-14(11-17(21)20(26)23-12-15-5-4-10-28-15)22(13-21)24-19(25)16-6-2-3-7-18(16)27-22/h2-7,10,14,17H,8-9,11-13H2,1H3,(H,23,26)(H,24,25)/t14-,17-,21+,22+/m1/s1. The van der Waals surface area contributed by atoms with Crippen molar-refractivity contribution in [2.75, 3.05) is 0 Å². The smallest absolute Gasteiger partial charge is 0.258 e. The lowest BCUT2D eigenvalue weighted by Crippen LogP contribution is -2.69. The molecule has 0 unspecified atom stereocenters. The highest BCUT2D eigenvalue weighted by molar-refractivity contribution is 7.09. The van der Waals surface area contributed by atoms with Crippen LogP contribution in [0.25, 0.3) is 0 Å². The van der Waals surface area contributed by atoms with Crippen LogP contribution in [0, 0.1) is 17.3 Å². The zero-order chi connectivity index (χ0) is 19.4. The molecular weight excluding hydrogens is 372 g/mol. The van der Waals surface area contributed by atoms with Crippen molar-refractivity contribution < 1.29 is 14.3 Å². The average Bonchev–Trinajstić information content (AvgIpc) is 3.19. The molecule has 146 valence electrons. The number of hydrogen-bond acceptors (Lipinski definition) is 4. The summed E-state index contributed by atoms with van der Waals surface area (Å²) in [4.78, 5) is 26.9. The molecule has 5 nitrogen and oxygen atoms in total. The van der Waals surface area contributed by atoms with Gasteiger partial charge in [0.15, 0.2) is 5.72 Å². The fraction of sp³-hybridized carbons (Fsp3) is 0.455. The van der Waals surface area contributed by atoms with Crippen LogP contribution in [0.3, 0.4) is 0 Å². The van der Waals surface area contributed by atoms with Crippen LogP contribution in [-0.4, -0.2) is 17.5 Å². The number of hydrogen-bond donors (Lipinski definition) is 2. The quantitative estimate of drug-likeness (QED) is 0.831. The minimum atomic E-state index is -0.691. The number of rotatable bonds is 3. The predicted octanol–water partition coefficient (Wildman–Crippen LogP) is 3.71. The third-order valence-electron chi connectivity index (χ3n) is 6.83. The van der Waals surface area contributed by atoms with E-state index in [1.807, 2.05) is 35.7 Å². The average molecular weight is 397 g/mol. The number of amides is 2. The van der Waals surface area contributed by atoms with Crippen molar-refractivity contribution in [3.8, 4) is 5.75 Å². The Labute approximate surface area is 168 Å². The summed E-state index contributed by atoms with van der Waals surface area (Å²) < 4.78 is 6.41. The van der Waals surface area contributed by atoms with Gasteiger partial charge in [-0.25, -0.2) is 0 Å². The molecule has 3 aliphatic carbocycles. The molecule has 4 atom stereocenters. The maximum atomic E-state index is 13.0. The highest BCUT2D eigenvalue weighted by atomic mass is 32.1. The summed E-state index contributed by atoms with van der Waals surface area (Å²) in [6, 6.07) is 11.4. The third kappa shape index (κ3) is 2.73. The highest BCUT2D eigenvalue weighted by Gasteiger charge is 2.61. The normalized spacial score (nSPS) is 33.1. The molecule has 4 aliphatic rings. The lowest BCUT2D eigenvalue weighted by Gasteiger charge is -2.59. The summed E-state index contributed by atoms with van der Waals surface area (Å²) in [6.07, 6.45) is 3.36. The molecule has 1 aromatic heterocycles. The Bertz CT molecular complexity index is 928. The second-order valence-corrected chi connectivity index (χ2v) is 9.63. The van der Waals surface area contributed by atoms with Crippen LogP contribution in [0.4, 0.5) is 0 Å². The molecule has 0 radical (unpaired) electrons. The molecule has 0 saturated heterocycles. The van der Waals surface area contributed by atoms with E-state index in [0.717, 1.165) is 24.1 Å². The van der Waals surface area contributed by atoms with Gasteiger partial charge in [-0.05, 0) is 48.3 Å². The lowest BCUT2D eigenvalue weighted by molar-refractivity contribution is -0.167. The second-order valence-electron chi connectivity index (χ2n) is 8.59. The monoisotopic (exact) mass is 396 g/mol. The van der Waals surface area contributed by atoms with E-state index in [0.29, 0.717) is 24.3 Å². The molecule has 6 heteroatoms. The molecule has 2 aromatic rings. The number of fused-ring (bicyclic) bond motifs is 3. The first-order valence-corrected chi connectivity index (χ1v) is 10.8. The van der Waals surface area contributed by atoms with Gasteiger partial charge in [-0.3, -0.25) is 9.59 Å². The van der Waals surface area contributed by atoms with Gasteiger partial charge in [-0.15, -0.1) is 11.3 Å². The van der Waals surface area contributed by atoms with Gasteiger partial charge in [0.05, 0.1) is 12.1 Å². The maximum Gasteiger partial charge on any atom is 0.258 e. The van der Waals surface area contributed by atoms with Gasteiger partial charge in [-0.2, -0.15) is 0 Å². The minimum absolute atomic E-state index is 0.0468. The first-order chi connectivity index (χ1) is 13.5. The van der Waals surface area contributed by atoms with Crippen LogP contribution >= 0.6 is 11.3 Å². The van der Waals surface area contributed by atoms with E-state index < -0.39 is 5.72 Å². The molecule has 1 aromatic carbocycles. The summed E-state index contributed by atoms with van der Waals surface area (Å²) >= 11 is 1.66. The van der Waals surface area contributed by atoms with Crippen LogP contribution < -0.4 is 15.4 Å². The lowest BCUT2D eigenvalue weighted by atomic mass is 9.52. The van der Waals surface area contributed by atoms with E-state index in [-0.39, 0.29) is 29.1 Å². The Kier molecular flexibility index (Phi) is 4.02. The molecule has 2 bridgehead atoms. The third-order valence-corrected chi connectivity index (χ3v) is 7.71. The summed E-state index contributed by atoms with van der Waals surface area (Å²) in [5.41, 5.74) is -0.290. The summed E-state index contributed by atoms with van der Waals surface area (Å²) in [5.74, 6) is 0.800. The van der Waals surface area contributed by atoms with Gasteiger partial charge in [0.2, 0.25) is 5.91 Å². The van der Waals surface area contributed by atoms with Crippen molar-refractivity contribution in [3.05, 3.63) is 52.2 Å². The first kappa shape index (κ1) is 17.7. The Morgan fingerprint density at radius 3 is 2.96 bits per heavy atom. The molecular formula is C22H24N2O3S. The van der Waals surface area contributed by atoms with E-state index in [4.69, 9.17) is 4.74 Å². The molecule has 6 rings (SSSR count). The van der Waals surface area contributed by atoms with Gasteiger partial charge < -0.3 is 15.4 Å². The fourth-order valence-electron chi connectivity index (χ4n) is 5.37. The Morgan fingerprint density at radius 2 is 2.18 bits per heavy atom. The zero-order valence-corrected chi connectivity index (χ0v) is 16.7. The van der Waals surface area contributed by atoms with Gasteiger partial charge in [-0.1, -0.05) is 25.1 Å². The van der Waals surface area contributed by atoms with E-state index in [1.165, 1.54) is 0 Å². The number of para-hydroxylation sites is 1. The number of nitrogens with one attached hydrogen (secondary N) is 2. The minimum Gasteiger partial charge on any atom is -0.467 e. The van der Waals surface area contributed by atoms with E-state index in [9.17, 15) is 9.59 Å². The van der Waals surface area contributed by atoms with Crippen LogP contribution in [0.2, 0.25) is 0 Å². The van der Waals surface area contributed by atoms with Gasteiger partial charge in [0.25, 0.3) is 5.91 Å². The van der Waals surface area contributed by atoms with Crippen LogP contribution in [0.15, 0.2) is 41.8 Å². The molecule has 28 heavy (non-hydrogen) atoms. The number of benzene rings is 1. The summed E-state index contributed by atoms with van der Waals surface area (Å²) in [5, 5.41) is 8.32. The fourth-order valence-corrected chi connectivity index (χ4v) is 6.01.